The van der Waals surface area contributed by atoms with Crippen LogP contribution in [0.4, 0.5) is 0 Å². The van der Waals surface area contributed by atoms with Crippen LogP contribution in [0.15, 0.2) is 29.2 Å². The van der Waals surface area contributed by atoms with E-state index in [1.807, 2.05) is 12.1 Å². The van der Waals surface area contributed by atoms with Crippen molar-refractivity contribution in [3.8, 4) is 0 Å². The van der Waals surface area contributed by atoms with Crippen molar-refractivity contribution in [3.05, 3.63) is 29.8 Å². The molecule has 1 aromatic rings. The summed E-state index contributed by atoms with van der Waals surface area (Å²) in [5, 5.41) is 0. The summed E-state index contributed by atoms with van der Waals surface area (Å²) < 4.78 is 0. The highest BCUT2D eigenvalue weighted by Gasteiger charge is 2.24. The summed E-state index contributed by atoms with van der Waals surface area (Å²) >= 11 is 4.24. The molecule has 0 heterocycles. The third kappa shape index (κ3) is 2.48. The van der Waals surface area contributed by atoms with Crippen molar-refractivity contribution in [1.29, 1.82) is 0 Å². The minimum Gasteiger partial charge on any atom is -0.324 e. The van der Waals surface area contributed by atoms with Crippen molar-refractivity contribution in [1.82, 2.24) is 0 Å². The fourth-order valence-electron chi connectivity index (χ4n) is 1.57. The van der Waals surface area contributed by atoms with Crippen LogP contribution in [-0.2, 0) is 0 Å². The molecule has 70 valence electrons. The van der Waals surface area contributed by atoms with Gasteiger partial charge in [-0.05, 0) is 30.0 Å². The molecule has 1 fully saturated rings. The normalized spacial score (nSPS) is 18.6. The summed E-state index contributed by atoms with van der Waals surface area (Å²) in [6, 6.07) is 8.39. The van der Waals surface area contributed by atoms with E-state index in [0.717, 1.165) is 17.2 Å². The highest BCUT2D eigenvalue weighted by molar-refractivity contribution is 7.80. The molecule has 1 aliphatic carbocycles. The summed E-state index contributed by atoms with van der Waals surface area (Å²) in [7, 11) is 0. The fraction of sp³-hybridized carbons (Fsp3) is 0.455. The molecule has 2 heteroatoms. The molecule has 0 amide bonds. The first-order valence-corrected chi connectivity index (χ1v) is 5.25. The number of hydrogen-bond donors (Lipinski definition) is 2. The Balaban J connectivity index is 2.01. The molecule has 2 rings (SSSR count). The monoisotopic (exact) mass is 193 g/mol. The SMILES string of the molecule is NC(CC1CC1)c1ccc(S)cc1. The van der Waals surface area contributed by atoms with Gasteiger partial charge in [0.2, 0.25) is 0 Å². The zero-order valence-corrected chi connectivity index (χ0v) is 8.50. The first kappa shape index (κ1) is 9.10. The zero-order valence-electron chi connectivity index (χ0n) is 7.61. The lowest BCUT2D eigenvalue weighted by atomic mass is 10.0. The van der Waals surface area contributed by atoms with Crippen LogP contribution >= 0.6 is 12.6 Å². The summed E-state index contributed by atoms with van der Waals surface area (Å²) in [5.74, 6) is 0.894. The Morgan fingerprint density at radius 3 is 2.46 bits per heavy atom. The lowest BCUT2D eigenvalue weighted by Crippen LogP contribution is -2.10. The highest BCUT2D eigenvalue weighted by Crippen LogP contribution is 2.36. The molecule has 0 aliphatic heterocycles. The van der Waals surface area contributed by atoms with Crippen LogP contribution < -0.4 is 5.73 Å². The van der Waals surface area contributed by atoms with Crippen molar-refractivity contribution in [2.75, 3.05) is 0 Å². The van der Waals surface area contributed by atoms with E-state index in [4.69, 9.17) is 5.73 Å². The van der Waals surface area contributed by atoms with Crippen LogP contribution in [0.3, 0.4) is 0 Å². The summed E-state index contributed by atoms with van der Waals surface area (Å²) in [5.41, 5.74) is 7.30. The van der Waals surface area contributed by atoms with Crippen molar-refractivity contribution < 1.29 is 0 Å². The predicted molar refractivity (Wildman–Crippen MR) is 58.0 cm³/mol. The van der Waals surface area contributed by atoms with Gasteiger partial charge in [-0.2, -0.15) is 0 Å². The molecular formula is C11H15NS. The van der Waals surface area contributed by atoms with Gasteiger partial charge in [-0.25, -0.2) is 0 Å². The van der Waals surface area contributed by atoms with Crippen molar-refractivity contribution >= 4 is 12.6 Å². The van der Waals surface area contributed by atoms with Crippen LogP contribution in [0.25, 0.3) is 0 Å². The van der Waals surface area contributed by atoms with Crippen molar-refractivity contribution in [2.24, 2.45) is 11.7 Å². The van der Waals surface area contributed by atoms with Gasteiger partial charge >= 0.3 is 0 Å². The second-order valence-corrected chi connectivity index (χ2v) is 4.39. The number of thiol groups is 1. The maximum Gasteiger partial charge on any atom is 0.0297 e. The maximum absolute atomic E-state index is 6.06. The van der Waals surface area contributed by atoms with E-state index in [1.165, 1.54) is 18.4 Å². The number of benzene rings is 1. The van der Waals surface area contributed by atoms with E-state index in [9.17, 15) is 0 Å². The maximum atomic E-state index is 6.06. The average Bonchev–Trinajstić information content (AvgIpc) is 2.89. The molecular weight excluding hydrogens is 178 g/mol. The minimum atomic E-state index is 0.224. The molecule has 1 saturated carbocycles. The second kappa shape index (κ2) is 3.72. The van der Waals surface area contributed by atoms with Gasteiger partial charge in [0.15, 0.2) is 0 Å². The molecule has 13 heavy (non-hydrogen) atoms. The number of hydrogen-bond acceptors (Lipinski definition) is 2. The van der Waals surface area contributed by atoms with Gasteiger partial charge in [0.25, 0.3) is 0 Å². The van der Waals surface area contributed by atoms with Gasteiger partial charge in [0.1, 0.15) is 0 Å². The van der Waals surface area contributed by atoms with E-state index >= 15 is 0 Å². The summed E-state index contributed by atoms with van der Waals surface area (Å²) in [6.07, 6.45) is 3.89. The molecule has 1 unspecified atom stereocenters. The summed E-state index contributed by atoms with van der Waals surface area (Å²) in [4.78, 5) is 1.00. The van der Waals surface area contributed by atoms with E-state index in [0.29, 0.717) is 0 Å². The predicted octanol–water partition coefficient (Wildman–Crippen LogP) is 2.78. The molecule has 0 bridgehead atoms. The number of rotatable bonds is 3. The first-order valence-electron chi connectivity index (χ1n) is 4.80. The Morgan fingerprint density at radius 2 is 1.92 bits per heavy atom. The van der Waals surface area contributed by atoms with Gasteiger partial charge in [-0.1, -0.05) is 25.0 Å². The van der Waals surface area contributed by atoms with Gasteiger partial charge < -0.3 is 5.73 Å². The highest BCUT2D eigenvalue weighted by atomic mass is 32.1. The quantitative estimate of drug-likeness (QED) is 0.709. The molecule has 0 saturated heterocycles. The summed E-state index contributed by atoms with van der Waals surface area (Å²) in [6.45, 7) is 0. The van der Waals surface area contributed by atoms with Gasteiger partial charge in [0.05, 0.1) is 0 Å². The molecule has 0 radical (unpaired) electrons. The average molecular weight is 193 g/mol. The van der Waals surface area contributed by atoms with Gasteiger partial charge in [0, 0.05) is 10.9 Å². The van der Waals surface area contributed by atoms with Crippen molar-refractivity contribution in [3.63, 3.8) is 0 Å². The Hall–Kier alpha value is -0.470. The van der Waals surface area contributed by atoms with E-state index < -0.39 is 0 Å². The van der Waals surface area contributed by atoms with Crippen LogP contribution in [0, 0.1) is 5.92 Å². The third-order valence-corrected chi connectivity index (χ3v) is 2.90. The topological polar surface area (TPSA) is 26.0 Å². The minimum absolute atomic E-state index is 0.224. The second-order valence-electron chi connectivity index (χ2n) is 3.88. The Bertz CT molecular complexity index is 277. The van der Waals surface area contributed by atoms with E-state index in [2.05, 4.69) is 24.8 Å². The van der Waals surface area contributed by atoms with Crippen LogP contribution in [0.1, 0.15) is 30.9 Å². The first-order chi connectivity index (χ1) is 6.25. The van der Waals surface area contributed by atoms with Crippen LogP contribution in [-0.4, -0.2) is 0 Å². The third-order valence-electron chi connectivity index (χ3n) is 2.61. The zero-order chi connectivity index (χ0) is 9.26. The Kier molecular flexibility index (Phi) is 2.61. The Morgan fingerprint density at radius 1 is 1.31 bits per heavy atom. The molecule has 0 aromatic heterocycles. The van der Waals surface area contributed by atoms with Crippen LogP contribution in [0.2, 0.25) is 0 Å². The van der Waals surface area contributed by atoms with Crippen LogP contribution in [0.5, 0.6) is 0 Å². The molecule has 1 nitrogen and oxygen atoms in total. The largest absolute Gasteiger partial charge is 0.324 e. The van der Waals surface area contributed by atoms with Crippen molar-refractivity contribution in [2.45, 2.75) is 30.2 Å². The molecule has 1 atom stereocenters. The molecule has 1 aliphatic rings. The Labute approximate surface area is 84.7 Å². The van der Waals surface area contributed by atoms with E-state index in [1.54, 1.807) is 0 Å². The molecule has 0 spiro atoms. The molecule has 1 aromatic carbocycles. The van der Waals surface area contributed by atoms with Gasteiger partial charge in [-0.15, -0.1) is 12.6 Å². The standard InChI is InChI=1S/C11H15NS/c12-11(7-8-1-2-8)9-3-5-10(13)6-4-9/h3-6,8,11,13H,1-2,7,12H2. The fourth-order valence-corrected chi connectivity index (χ4v) is 1.72. The molecule has 2 N–H and O–H groups in total. The number of nitrogens with two attached hydrogens (primary N) is 1. The lowest BCUT2D eigenvalue weighted by Gasteiger charge is -2.10. The van der Waals surface area contributed by atoms with E-state index in [-0.39, 0.29) is 6.04 Å². The van der Waals surface area contributed by atoms with Gasteiger partial charge in [-0.3, -0.25) is 0 Å². The lowest BCUT2D eigenvalue weighted by molar-refractivity contribution is 0.597. The smallest absolute Gasteiger partial charge is 0.0297 e.